The smallest absolute Gasteiger partial charge is 0.332 e. The molecule has 0 aromatic carbocycles. The van der Waals surface area contributed by atoms with Crippen molar-refractivity contribution in [3.63, 3.8) is 0 Å². The van der Waals surface area contributed by atoms with Crippen molar-refractivity contribution in [2.75, 3.05) is 13.7 Å². The molecule has 0 N–H and O–H groups in total. The van der Waals surface area contributed by atoms with Crippen molar-refractivity contribution in [1.29, 1.82) is 0 Å². The molecule has 7 nitrogen and oxygen atoms in total. The average molecular weight is 318 g/mol. The predicted molar refractivity (Wildman–Crippen MR) is 88.7 cm³/mol. The molecular weight excluding hydrogens is 296 g/mol. The summed E-state index contributed by atoms with van der Waals surface area (Å²) < 4.78 is 9.69. The van der Waals surface area contributed by atoms with Crippen molar-refractivity contribution in [1.82, 2.24) is 18.7 Å². The van der Waals surface area contributed by atoms with Crippen LogP contribution in [0.25, 0.3) is 17.4 Å². The highest BCUT2D eigenvalue weighted by atomic mass is 16.5. The van der Waals surface area contributed by atoms with E-state index in [1.165, 1.54) is 14.7 Å². The highest BCUT2D eigenvalue weighted by Crippen LogP contribution is 2.36. The summed E-state index contributed by atoms with van der Waals surface area (Å²) in [5.41, 5.74) is 1.53. The predicted octanol–water partition coefficient (Wildman–Crippen LogP) is 1.30. The third kappa shape index (κ3) is 2.26. The number of aromatic nitrogens is 4. The van der Waals surface area contributed by atoms with Gasteiger partial charge in [0.2, 0.25) is 0 Å². The Hall–Kier alpha value is -2.15. The molecule has 0 saturated heterocycles. The number of allylic oxidation sites excluding steroid dienone is 1. The van der Waals surface area contributed by atoms with E-state index in [2.05, 4.69) is 11.9 Å². The lowest BCUT2D eigenvalue weighted by atomic mass is 9.97. The fraction of sp³-hybridized carbons (Fsp3) is 0.562. The fourth-order valence-corrected chi connectivity index (χ4v) is 3.30. The zero-order valence-corrected chi connectivity index (χ0v) is 14.0. The van der Waals surface area contributed by atoms with Gasteiger partial charge in [-0.3, -0.25) is 18.5 Å². The normalized spacial score (nSPS) is 16.9. The molecule has 0 saturated carbocycles. The van der Waals surface area contributed by atoms with Crippen LogP contribution in [0.3, 0.4) is 0 Å². The largest absolute Gasteiger partial charge is 0.385 e. The molecule has 1 atom stereocenters. The molecule has 0 radical (unpaired) electrons. The molecule has 3 heterocycles. The molecule has 2 aromatic rings. The Bertz CT molecular complexity index is 901. The van der Waals surface area contributed by atoms with Crippen molar-refractivity contribution < 1.29 is 4.74 Å². The zero-order chi connectivity index (χ0) is 16.7. The summed E-state index contributed by atoms with van der Waals surface area (Å²) in [6, 6.07) is 0. The summed E-state index contributed by atoms with van der Waals surface area (Å²) in [6.07, 6.45) is 3.80. The van der Waals surface area contributed by atoms with Crippen molar-refractivity contribution in [2.24, 2.45) is 7.05 Å². The van der Waals surface area contributed by atoms with E-state index in [-0.39, 0.29) is 17.2 Å². The Kier molecular flexibility index (Phi) is 3.97. The molecule has 23 heavy (non-hydrogen) atoms. The number of rotatable bonds is 5. The van der Waals surface area contributed by atoms with E-state index >= 15 is 0 Å². The maximum absolute atomic E-state index is 12.7. The summed E-state index contributed by atoms with van der Waals surface area (Å²) >= 11 is 0. The van der Waals surface area contributed by atoms with E-state index in [1.54, 1.807) is 21.1 Å². The summed E-state index contributed by atoms with van der Waals surface area (Å²) in [7, 11) is 3.35. The number of fused-ring (bicyclic) bond motifs is 3. The lowest BCUT2D eigenvalue weighted by molar-refractivity contribution is 0.191. The van der Waals surface area contributed by atoms with Gasteiger partial charge in [-0.25, -0.2) is 9.78 Å². The first kappa shape index (κ1) is 15.7. The maximum Gasteiger partial charge on any atom is 0.332 e. The van der Waals surface area contributed by atoms with E-state index in [0.717, 1.165) is 18.7 Å². The second kappa shape index (κ2) is 5.81. The monoisotopic (exact) mass is 318 g/mol. The van der Waals surface area contributed by atoms with E-state index < -0.39 is 0 Å². The van der Waals surface area contributed by atoms with E-state index in [1.807, 2.05) is 10.8 Å². The Morgan fingerprint density at radius 3 is 2.74 bits per heavy atom. The van der Waals surface area contributed by atoms with Crippen LogP contribution in [0, 0.1) is 0 Å². The van der Waals surface area contributed by atoms with Crippen LogP contribution in [0.1, 0.15) is 38.4 Å². The van der Waals surface area contributed by atoms with Crippen molar-refractivity contribution in [3.05, 3.63) is 32.2 Å². The van der Waals surface area contributed by atoms with Gasteiger partial charge in [0.1, 0.15) is 5.82 Å². The number of hydrogen-bond acceptors (Lipinski definition) is 4. The molecule has 7 heteroatoms. The quantitative estimate of drug-likeness (QED) is 0.779. The SMILES string of the molecule is CCn1c(=O)c2c(nc3n2C=C(C)[C@@H]3CCCOC)n(C)c1=O. The third-order valence-corrected chi connectivity index (χ3v) is 4.55. The van der Waals surface area contributed by atoms with Gasteiger partial charge in [0, 0.05) is 39.4 Å². The van der Waals surface area contributed by atoms with Crippen LogP contribution in [-0.4, -0.2) is 32.4 Å². The van der Waals surface area contributed by atoms with Crippen LogP contribution in [0.5, 0.6) is 0 Å². The van der Waals surface area contributed by atoms with Gasteiger partial charge in [0.25, 0.3) is 5.56 Å². The minimum atomic E-state index is -0.321. The molecule has 0 fully saturated rings. The summed E-state index contributed by atoms with van der Waals surface area (Å²) in [5.74, 6) is 1.01. The number of nitrogens with zero attached hydrogens (tertiary/aromatic N) is 4. The fourth-order valence-electron chi connectivity index (χ4n) is 3.30. The zero-order valence-electron chi connectivity index (χ0n) is 14.0. The third-order valence-electron chi connectivity index (χ3n) is 4.55. The number of hydrogen-bond donors (Lipinski definition) is 0. The first-order valence-corrected chi connectivity index (χ1v) is 7.90. The summed E-state index contributed by atoms with van der Waals surface area (Å²) in [4.78, 5) is 29.5. The molecule has 2 aromatic heterocycles. The molecule has 0 amide bonds. The van der Waals surface area contributed by atoms with Crippen LogP contribution in [0.2, 0.25) is 0 Å². The lowest BCUT2D eigenvalue weighted by Gasteiger charge is -2.10. The van der Waals surface area contributed by atoms with E-state index in [9.17, 15) is 9.59 Å². The van der Waals surface area contributed by atoms with Crippen molar-refractivity contribution in [3.8, 4) is 0 Å². The molecule has 1 aliphatic rings. The Labute approximate surface area is 133 Å². The molecule has 124 valence electrons. The van der Waals surface area contributed by atoms with Crippen LogP contribution in [-0.2, 0) is 18.3 Å². The average Bonchev–Trinajstić information content (AvgIpc) is 3.02. The van der Waals surface area contributed by atoms with Gasteiger partial charge in [-0.15, -0.1) is 0 Å². The topological polar surface area (TPSA) is 71.0 Å². The van der Waals surface area contributed by atoms with Gasteiger partial charge in [-0.2, -0.15) is 0 Å². The molecular formula is C16H22N4O3. The van der Waals surface area contributed by atoms with Crippen LogP contribution in [0.15, 0.2) is 15.2 Å². The highest BCUT2D eigenvalue weighted by molar-refractivity contribution is 5.76. The van der Waals surface area contributed by atoms with Gasteiger partial charge in [0.15, 0.2) is 11.2 Å². The highest BCUT2D eigenvalue weighted by Gasteiger charge is 2.29. The second-order valence-corrected chi connectivity index (χ2v) is 5.96. The number of methoxy groups -OCH3 is 1. The van der Waals surface area contributed by atoms with Gasteiger partial charge < -0.3 is 4.74 Å². The van der Waals surface area contributed by atoms with Crippen LogP contribution >= 0.6 is 0 Å². The Morgan fingerprint density at radius 2 is 2.09 bits per heavy atom. The minimum absolute atomic E-state index is 0.169. The number of aryl methyl sites for hydroxylation is 1. The second-order valence-electron chi connectivity index (χ2n) is 5.96. The lowest BCUT2D eigenvalue weighted by Crippen LogP contribution is -2.39. The molecule has 0 unspecified atom stereocenters. The van der Waals surface area contributed by atoms with Crippen LogP contribution < -0.4 is 11.2 Å². The minimum Gasteiger partial charge on any atom is -0.385 e. The molecule has 1 aliphatic heterocycles. The van der Waals surface area contributed by atoms with Crippen LogP contribution in [0.4, 0.5) is 0 Å². The Balaban J connectivity index is 2.20. The first-order valence-electron chi connectivity index (χ1n) is 7.90. The van der Waals surface area contributed by atoms with Gasteiger partial charge in [-0.1, -0.05) is 0 Å². The first-order chi connectivity index (χ1) is 11.0. The van der Waals surface area contributed by atoms with Gasteiger partial charge in [-0.05, 0) is 32.3 Å². The van der Waals surface area contributed by atoms with E-state index in [0.29, 0.717) is 24.3 Å². The standard InChI is InChI=1S/C16H22N4O3/c1-5-19-15(21)12-14(18(3)16(19)22)17-13-11(7-6-8-23-4)10(2)9-20(12)13/h9,11H,5-8H2,1-4H3/t11-/m0/s1. The maximum atomic E-state index is 12.7. The van der Waals surface area contributed by atoms with Gasteiger partial charge in [0.05, 0.1) is 0 Å². The van der Waals surface area contributed by atoms with Crippen molar-refractivity contribution >= 4 is 17.4 Å². The number of imidazole rings is 1. The number of ether oxygens (including phenoxy) is 1. The van der Waals surface area contributed by atoms with E-state index in [4.69, 9.17) is 4.74 Å². The van der Waals surface area contributed by atoms with Crippen molar-refractivity contribution in [2.45, 2.75) is 39.2 Å². The molecule has 3 rings (SSSR count). The Morgan fingerprint density at radius 1 is 1.35 bits per heavy atom. The summed E-state index contributed by atoms with van der Waals surface area (Å²) in [6.45, 7) is 4.90. The van der Waals surface area contributed by atoms with Gasteiger partial charge >= 0.3 is 5.69 Å². The molecule has 0 bridgehead atoms. The molecule has 0 aliphatic carbocycles. The molecule has 0 spiro atoms. The summed E-state index contributed by atoms with van der Waals surface area (Å²) in [5, 5.41) is 0.